The molecule has 3 nitrogen and oxygen atoms in total. The summed E-state index contributed by atoms with van der Waals surface area (Å²) >= 11 is -2.17. The van der Waals surface area contributed by atoms with Crippen molar-refractivity contribution in [3.63, 3.8) is 0 Å². The average Bonchev–Trinajstić information content (AvgIpc) is 2.41. The predicted molar refractivity (Wildman–Crippen MR) is 71.0 cm³/mol. The molecule has 0 fully saturated rings. The van der Waals surface area contributed by atoms with Crippen molar-refractivity contribution in [2.24, 2.45) is 0 Å². The summed E-state index contributed by atoms with van der Waals surface area (Å²) in [5, 5.41) is 7.84. The Morgan fingerprint density at radius 2 is 1.56 bits per heavy atom. The molecule has 0 aromatic heterocycles. The zero-order valence-corrected chi connectivity index (χ0v) is 10.3. The molecule has 2 rings (SSSR count). The number of rotatable bonds is 3. The number of benzene rings is 2. The average molecular weight is 257 g/mol. The normalized spacial score (nSPS) is 13.6. The molecule has 18 heavy (non-hydrogen) atoms. The maximum atomic E-state index is 11.0. The van der Waals surface area contributed by atoms with Crippen LogP contribution in [0.1, 0.15) is 10.8 Å². The van der Waals surface area contributed by atoms with Crippen molar-refractivity contribution in [2.45, 2.75) is 5.25 Å². The smallest absolute Gasteiger partial charge is 0.175 e. The van der Waals surface area contributed by atoms with Crippen molar-refractivity contribution in [3.05, 3.63) is 60.2 Å². The first-order valence-corrected chi connectivity index (χ1v) is 6.54. The van der Waals surface area contributed by atoms with Crippen molar-refractivity contribution >= 4 is 11.1 Å². The van der Waals surface area contributed by atoms with Gasteiger partial charge in [-0.05, 0) is 16.7 Å². The largest absolute Gasteiger partial charge is 0.305 e. The topological polar surface area (TPSA) is 61.1 Å². The molecule has 0 saturated heterocycles. The van der Waals surface area contributed by atoms with Gasteiger partial charge >= 0.3 is 0 Å². The first-order valence-electron chi connectivity index (χ1n) is 5.37. The molecule has 0 bridgehead atoms. The van der Waals surface area contributed by atoms with E-state index in [1.54, 1.807) is 12.1 Å². The Kier molecular flexibility index (Phi) is 3.88. The Bertz CT molecular complexity index is 587. The summed E-state index contributed by atoms with van der Waals surface area (Å²) in [6.07, 6.45) is 0. The molecule has 2 aromatic carbocycles. The van der Waals surface area contributed by atoms with Gasteiger partial charge in [0.1, 0.15) is 0 Å². The zero-order chi connectivity index (χ0) is 13.0. The van der Waals surface area contributed by atoms with Crippen LogP contribution < -0.4 is 0 Å². The van der Waals surface area contributed by atoms with Crippen molar-refractivity contribution in [1.29, 1.82) is 5.26 Å². The van der Waals surface area contributed by atoms with E-state index in [0.29, 0.717) is 5.56 Å². The quantitative estimate of drug-likeness (QED) is 0.859. The van der Waals surface area contributed by atoms with Gasteiger partial charge in [0.15, 0.2) is 16.3 Å². The number of nitriles is 1. The second-order valence-corrected chi connectivity index (χ2v) is 4.80. The van der Waals surface area contributed by atoms with Crippen LogP contribution in [0.2, 0.25) is 0 Å². The molecule has 0 radical (unpaired) electrons. The van der Waals surface area contributed by atoms with Crippen LogP contribution in [-0.4, -0.2) is 8.76 Å². The van der Waals surface area contributed by atoms with E-state index in [-0.39, 0.29) is 0 Å². The molecule has 0 saturated carbocycles. The molecule has 0 heterocycles. The van der Waals surface area contributed by atoms with Gasteiger partial charge in [-0.2, -0.15) is 5.26 Å². The summed E-state index contributed by atoms with van der Waals surface area (Å²) in [5.41, 5.74) is 2.64. The maximum Gasteiger partial charge on any atom is 0.175 e. The molecule has 2 aromatic rings. The van der Waals surface area contributed by atoms with Crippen LogP contribution in [0.4, 0.5) is 0 Å². The van der Waals surface area contributed by atoms with E-state index in [4.69, 9.17) is 9.81 Å². The minimum Gasteiger partial charge on any atom is -0.305 e. The van der Waals surface area contributed by atoms with Crippen LogP contribution in [0.5, 0.6) is 0 Å². The van der Waals surface area contributed by atoms with Gasteiger partial charge in [0.25, 0.3) is 0 Å². The summed E-state index contributed by atoms with van der Waals surface area (Å²) in [7, 11) is 0. The van der Waals surface area contributed by atoms with Gasteiger partial charge in [-0.3, -0.25) is 0 Å². The van der Waals surface area contributed by atoms with E-state index in [1.165, 1.54) is 0 Å². The second-order valence-electron chi connectivity index (χ2n) is 3.77. The van der Waals surface area contributed by atoms with Crippen LogP contribution in [0.3, 0.4) is 0 Å². The first kappa shape index (κ1) is 12.5. The summed E-state index contributed by atoms with van der Waals surface area (Å²) in [5.74, 6) is 0. The third-order valence-electron chi connectivity index (χ3n) is 2.64. The van der Waals surface area contributed by atoms with E-state index in [0.717, 1.165) is 11.1 Å². The fourth-order valence-corrected chi connectivity index (χ4v) is 2.20. The van der Waals surface area contributed by atoms with Gasteiger partial charge < -0.3 is 4.55 Å². The van der Waals surface area contributed by atoms with Crippen LogP contribution >= 0.6 is 0 Å². The molecule has 4 heteroatoms. The second kappa shape index (κ2) is 5.58. The van der Waals surface area contributed by atoms with Crippen LogP contribution in [-0.2, 0) is 11.1 Å². The number of hydrogen-bond acceptors (Lipinski definition) is 2. The predicted octanol–water partition coefficient (Wildman–Crippen LogP) is 3.14. The van der Waals surface area contributed by atoms with Gasteiger partial charge in [0.2, 0.25) is 0 Å². The monoisotopic (exact) mass is 257 g/mol. The van der Waals surface area contributed by atoms with Crippen LogP contribution in [0, 0.1) is 11.3 Å². The summed E-state index contributed by atoms with van der Waals surface area (Å²) in [6.45, 7) is 0. The third kappa shape index (κ3) is 2.65. The molecule has 2 atom stereocenters. The molecule has 0 aliphatic carbocycles. The fourth-order valence-electron chi connectivity index (χ4n) is 1.72. The SMILES string of the molecule is N#CC(c1ccc(-c2ccccc2)cc1)S(=O)O. The van der Waals surface area contributed by atoms with Gasteiger partial charge in [-0.15, -0.1) is 0 Å². The lowest BCUT2D eigenvalue weighted by Crippen LogP contribution is -2.02. The minimum absolute atomic E-state index is 0.554. The van der Waals surface area contributed by atoms with Crippen molar-refractivity contribution in [2.75, 3.05) is 0 Å². The lowest BCUT2D eigenvalue weighted by Gasteiger charge is -2.06. The third-order valence-corrected chi connectivity index (χ3v) is 3.42. The highest BCUT2D eigenvalue weighted by molar-refractivity contribution is 7.79. The fraction of sp³-hybridized carbons (Fsp3) is 0.0714. The van der Waals surface area contributed by atoms with E-state index >= 15 is 0 Å². The summed E-state index contributed by atoms with van der Waals surface area (Å²) in [6, 6.07) is 18.8. The standard InChI is InChI=1S/C14H11NO2S/c15-10-14(18(16)17)13-8-6-12(7-9-13)11-4-2-1-3-5-11/h1-9,14H,(H,16,17). The highest BCUT2D eigenvalue weighted by atomic mass is 32.2. The number of hydrogen-bond donors (Lipinski definition) is 1. The Balaban J connectivity index is 2.32. The zero-order valence-electron chi connectivity index (χ0n) is 9.48. The minimum atomic E-state index is -2.17. The molecule has 0 amide bonds. The van der Waals surface area contributed by atoms with Gasteiger partial charge in [0, 0.05) is 0 Å². The van der Waals surface area contributed by atoms with E-state index in [9.17, 15) is 4.21 Å². The molecule has 0 aliphatic rings. The maximum absolute atomic E-state index is 11.0. The molecular formula is C14H11NO2S. The highest BCUT2D eigenvalue weighted by Gasteiger charge is 2.16. The Labute approximate surface area is 108 Å². The van der Waals surface area contributed by atoms with Crippen molar-refractivity contribution in [1.82, 2.24) is 0 Å². The molecule has 2 unspecified atom stereocenters. The first-order chi connectivity index (χ1) is 8.72. The molecule has 90 valence electrons. The van der Waals surface area contributed by atoms with E-state index in [1.807, 2.05) is 48.5 Å². The molecule has 0 aliphatic heterocycles. The Hall–Kier alpha value is -1.96. The van der Waals surface area contributed by atoms with Gasteiger partial charge in [-0.1, -0.05) is 54.6 Å². The Morgan fingerprint density at radius 3 is 2.06 bits per heavy atom. The van der Waals surface area contributed by atoms with Gasteiger partial charge in [-0.25, -0.2) is 4.21 Å². The van der Waals surface area contributed by atoms with Crippen LogP contribution in [0.25, 0.3) is 11.1 Å². The lowest BCUT2D eigenvalue weighted by molar-refractivity contribution is 0.559. The lowest BCUT2D eigenvalue weighted by atomic mass is 10.0. The Morgan fingerprint density at radius 1 is 1.00 bits per heavy atom. The van der Waals surface area contributed by atoms with Gasteiger partial charge in [0.05, 0.1) is 6.07 Å². The molecule has 1 N–H and O–H groups in total. The van der Waals surface area contributed by atoms with Crippen molar-refractivity contribution in [3.8, 4) is 17.2 Å². The van der Waals surface area contributed by atoms with Crippen LogP contribution in [0.15, 0.2) is 54.6 Å². The summed E-state index contributed by atoms with van der Waals surface area (Å²) in [4.78, 5) is 0. The molecular weight excluding hydrogens is 246 g/mol. The number of nitrogens with zero attached hydrogens (tertiary/aromatic N) is 1. The highest BCUT2D eigenvalue weighted by Crippen LogP contribution is 2.23. The van der Waals surface area contributed by atoms with Crippen molar-refractivity contribution < 1.29 is 8.76 Å². The van der Waals surface area contributed by atoms with E-state index in [2.05, 4.69) is 0 Å². The van der Waals surface area contributed by atoms with E-state index < -0.39 is 16.3 Å². The summed E-state index contributed by atoms with van der Waals surface area (Å²) < 4.78 is 20.0. The molecule has 0 spiro atoms.